The van der Waals surface area contributed by atoms with Gasteiger partial charge in [-0.05, 0) is 95.6 Å². The van der Waals surface area contributed by atoms with Crippen molar-refractivity contribution in [1.29, 1.82) is 0 Å². The van der Waals surface area contributed by atoms with E-state index < -0.39 is 76.8 Å². The molecule has 4 fully saturated rings. The Kier molecular flexibility index (Phi) is 15.3. The Balaban J connectivity index is 0.00000650. The molecular formula is C42H70NaO11+. The van der Waals surface area contributed by atoms with Crippen molar-refractivity contribution in [1.82, 2.24) is 0 Å². The number of ketones is 1. The van der Waals surface area contributed by atoms with Gasteiger partial charge in [0.2, 0.25) is 5.79 Å². The fourth-order valence-electron chi connectivity index (χ4n) is 10.5. The van der Waals surface area contributed by atoms with E-state index in [1.54, 1.807) is 19.1 Å². The van der Waals surface area contributed by atoms with Crippen LogP contribution in [0.25, 0.3) is 0 Å². The molecular weight excluding hydrogens is 703 g/mol. The van der Waals surface area contributed by atoms with Crippen LogP contribution >= 0.6 is 0 Å². The smallest absolute Gasteiger partial charge is 0.481 e. The van der Waals surface area contributed by atoms with Crippen LogP contribution in [0.2, 0.25) is 0 Å². The van der Waals surface area contributed by atoms with Crippen molar-refractivity contribution < 1.29 is 83.3 Å². The minimum absolute atomic E-state index is 0. The first-order valence-corrected chi connectivity index (χ1v) is 20.7. The molecule has 0 amide bonds. The fraction of sp³-hybridized carbons (Fsp3) is 0.905. The van der Waals surface area contributed by atoms with Crippen LogP contribution in [0.15, 0.2) is 12.2 Å². The molecule has 5 aliphatic rings. The zero-order valence-corrected chi connectivity index (χ0v) is 37.0. The number of aliphatic carboxylic acids is 1. The van der Waals surface area contributed by atoms with Crippen molar-refractivity contribution in [3.63, 3.8) is 0 Å². The standard InChI is InChI=1S/C42H70O11.Na/c1-11-29(38(46)47)31-15-14-23(4)36(50-31)27(8)34(44)26(7)35(45)30(12-2)37-24(5)22-25(6)41(51-37)19-16-32(43)42(53-41)21-20-39(10,52-42)33-17-18-40(48,13-3)28(9)49-33;/h16,19,23-34,36-37,43-44,48H,11-15,17-18,20-22H2,1-10H3,(H,46,47);/q;+1/t23-,24-,25+,26-,27-,28-,29+,30-,31+,32+,33+,34+,36+,37-,39-,40+,41-,42-;/m0./s1. The van der Waals surface area contributed by atoms with E-state index >= 15 is 0 Å². The van der Waals surface area contributed by atoms with Gasteiger partial charge in [0, 0.05) is 30.1 Å². The summed E-state index contributed by atoms with van der Waals surface area (Å²) in [5, 5.41) is 44.0. The van der Waals surface area contributed by atoms with Gasteiger partial charge in [-0.15, -0.1) is 0 Å². The molecule has 54 heavy (non-hydrogen) atoms. The number of rotatable bonds is 12. The molecule has 0 saturated carbocycles. The summed E-state index contributed by atoms with van der Waals surface area (Å²) in [4.78, 5) is 26.4. The van der Waals surface area contributed by atoms with Gasteiger partial charge in [0.25, 0.3) is 0 Å². The minimum Gasteiger partial charge on any atom is -0.481 e. The quantitative estimate of drug-likeness (QED) is 0.170. The van der Waals surface area contributed by atoms with Gasteiger partial charge in [0.15, 0.2) is 5.79 Å². The molecule has 0 aliphatic carbocycles. The third-order valence-corrected chi connectivity index (χ3v) is 14.4. The molecule has 18 atom stereocenters. The van der Waals surface area contributed by atoms with Gasteiger partial charge in [0.05, 0.1) is 53.7 Å². The summed E-state index contributed by atoms with van der Waals surface area (Å²) in [5.41, 5.74) is -1.63. The van der Waals surface area contributed by atoms with Gasteiger partial charge in [-0.3, -0.25) is 9.59 Å². The van der Waals surface area contributed by atoms with Crippen LogP contribution in [-0.2, 0) is 33.3 Å². The number of carboxylic acid groups (broad SMARTS) is 1. The zero-order chi connectivity index (χ0) is 39.3. The molecule has 4 N–H and O–H groups in total. The molecule has 0 bridgehead atoms. The molecule has 5 rings (SSSR count). The van der Waals surface area contributed by atoms with Crippen LogP contribution in [0.4, 0.5) is 0 Å². The van der Waals surface area contributed by atoms with Gasteiger partial charge >= 0.3 is 35.5 Å². The Bertz CT molecular complexity index is 1330. The summed E-state index contributed by atoms with van der Waals surface area (Å²) in [6.07, 6.45) is 5.51. The molecule has 2 spiro atoms. The number of hydrogen-bond acceptors (Lipinski definition) is 10. The Hall–Kier alpha value is -0.440. The number of carbonyl (C=O) groups excluding carboxylic acids is 1. The van der Waals surface area contributed by atoms with Crippen molar-refractivity contribution in [2.45, 2.75) is 199 Å². The van der Waals surface area contributed by atoms with Crippen molar-refractivity contribution in [3.05, 3.63) is 12.2 Å². The number of hydrogen-bond donors (Lipinski definition) is 4. The molecule has 0 aromatic carbocycles. The predicted molar refractivity (Wildman–Crippen MR) is 199 cm³/mol. The van der Waals surface area contributed by atoms with Crippen LogP contribution in [0.1, 0.15) is 133 Å². The van der Waals surface area contributed by atoms with E-state index in [2.05, 4.69) is 20.8 Å². The molecule has 5 heterocycles. The van der Waals surface area contributed by atoms with E-state index in [1.807, 2.05) is 41.5 Å². The van der Waals surface area contributed by atoms with E-state index in [0.29, 0.717) is 57.8 Å². The van der Waals surface area contributed by atoms with Crippen LogP contribution in [0.3, 0.4) is 0 Å². The molecule has 5 aliphatic heterocycles. The van der Waals surface area contributed by atoms with E-state index in [1.165, 1.54) is 0 Å². The van der Waals surface area contributed by atoms with Crippen molar-refractivity contribution in [2.75, 3.05) is 0 Å². The SMILES string of the molecule is CC[C@@H](C(=O)[C@@H](C)[C@@H](O)[C@H](C)[C@@H]1O[C@@H]([C@@H](CC)C(=O)O)CC[C@@H]1C)[C@H]1O[C@]2(C=C[C@@H](O)[C@]3(CC[C@@](C)([C@H]4CC[C@](O)(CC)[C@H](C)O4)O3)O2)[C@H](C)C[C@@H]1C.[Na+]. The van der Waals surface area contributed by atoms with Gasteiger partial charge in [-0.25, -0.2) is 0 Å². The summed E-state index contributed by atoms with van der Waals surface area (Å²) in [7, 11) is 0. The maximum atomic E-state index is 14.4. The number of ether oxygens (including phenoxy) is 5. The van der Waals surface area contributed by atoms with Gasteiger partial charge in [-0.2, -0.15) is 0 Å². The molecule has 12 heteroatoms. The average molecular weight is 774 g/mol. The van der Waals surface area contributed by atoms with Crippen molar-refractivity contribution in [2.24, 2.45) is 41.4 Å². The number of aliphatic hydroxyl groups is 3. The normalized spacial score (nSPS) is 45.3. The van der Waals surface area contributed by atoms with E-state index in [-0.39, 0.29) is 71.4 Å². The number of carbonyl (C=O) groups is 2. The first-order chi connectivity index (χ1) is 24.8. The fourth-order valence-corrected chi connectivity index (χ4v) is 10.5. The summed E-state index contributed by atoms with van der Waals surface area (Å²) >= 11 is 0. The Labute approximate surface area is 345 Å². The summed E-state index contributed by atoms with van der Waals surface area (Å²) in [5.74, 6) is -5.78. The Morgan fingerprint density at radius 2 is 1.56 bits per heavy atom. The second-order valence-corrected chi connectivity index (χ2v) is 17.9. The van der Waals surface area contributed by atoms with Gasteiger partial charge in [0.1, 0.15) is 11.9 Å². The number of carboxylic acids is 1. The van der Waals surface area contributed by atoms with Crippen LogP contribution in [-0.4, -0.2) is 97.7 Å². The van der Waals surface area contributed by atoms with Crippen molar-refractivity contribution in [3.8, 4) is 0 Å². The van der Waals surface area contributed by atoms with E-state index in [4.69, 9.17) is 23.7 Å². The maximum Gasteiger partial charge on any atom is 1.00 e. The van der Waals surface area contributed by atoms with E-state index in [0.717, 1.165) is 6.42 Å². The molecule has 0 unspecified atom stereocenters. The van der Waals surface area contributed by atoms with Crippen molar-refractivity contribution >= 4 is 11.8 Å². The van der Waals surface area contributed by atoms with E-state index in [9.17, 15) is 30.0 Å². The third kappa shape index (κ3) is 8.63. The molecule has 0 aromatic heterocycles. The number of Topliss-reactive ketones (excluding diaryl/α,β-unsaturated/α-hetero) is 1. The summed E-state index contributed by atoms with van der Waals surface area (Å²) in [6.45, 7) is 19.6. The average Bonchev–Trinajstić information content (AvgIpc) is 3.47. The largest absolute Gasteiger partial charge is 1.00 e. The first kappa shape index (κ1) is 46.3. The molecule has 11 nitrogen and oxygen atoms in total. The molecule has 0 aromatic rings. The monoisotopic (exact) mass is 773 g/mol. The summed E-state index contributed by atoms with van der Waals surface area (Å²) < 4.78 is 33.5. The zero-order valence-electron chi connectivity index (χ0n) is 35.0. The topological polar surface area (TPSA) is 161 Å². The molecule has 304 valence electrons. The third-order valence-electron chi connectivity index (χ3n) is 14.4. The Morgan fingerprint density at radius 3 is 2.15 bits per heavy atom. The maximum absolute atomic E-state index is 14.4. The summed E-state index contributed by atoms with van der Waals surface area (Å²) in [6, 6.07) is 0. The van der Waals surface area contributed by atoms with Crippen LogP contribution < -0.4 is 29.6 Å². The van der Waals surface area contributed by atoms with Gasteiger partial charge in [-0.1, -0.05) is 55.4 Å². The molecule has 0 radical (unpaired) electrons. The molecule has 4 saturated heterocycles. The minimum atomic E-state index is -1.37. The second kappa shape index (κ2) is 17.8. The van der Waals surface area contributed by atoms with Gasteiger partial charge < -0.3 is 44.1 Å². The Morgan fingerprint density at radius 1 is 0.889 bits per heavy atom. The number of aliphatic hydroxyl groups excluding tert-OH is 2. The first-order valence-electron chi connectivity index (χ1n) is 20.7. The predicted octanol–water partition coefficient (Wildman–Crippen LogP) is 3.19. The van der Waals surface area contributed by atoms with Crippen LogP contribution in [0.5, 0.6) is 0 Å². The van der Waals surface area contributed by atoms with Crippen LogP contribution in [0, 0.1) is 41.4 Å². The second-order valence-electron chi connectivity index (χ2n) is 17.9.